The molecule has 3 aromatic carbocycles. The standard InChI is InChI=1S/C47H48O6/c1-4-47(27-30-18-12-7-13-19-30)51-38-22-33-31-20-36-37(49-45(2,48-36)25-28-14-8-5-9-15-28)21-32(31)35-24-40-42-43(41(35)34(33)23-39(38)52-47)44(42)53-46(3,50-40)26-29-16-10-6-11-17-29/h4-5,7-10,12-14,16,18-20,22-23,28-29,37,40,42-44H,1,6,11,15,17,21,24-27H2,2-3H3. The first-order valence-electron chi connectivity index (χ1n) is 19.9. The fourth-order valence-corrected chi connectivity index (χ4v) is 10.9. The minimum Gasteiger partial charge on any atom is -0.464 e. The predicted octanol–water partition coefficient (Wildman–Crippen LogP) is 9.80. The van der Waals surface area contributed by atoms with Crippen LogP contribution in [0.1, 0.15) is 86.1 Å². The van der Waals surface area contributed by atoms with Gasteiger partial charge in [0.2, 0.25) is 5.79 Å². The number of fused-ring (bicyclic) bond motifs is 10. The highest BCUT2D eigenvalue weighted by atomic mass is 16.8. The normalized spacial score (nSPS) is 38.0. The Morgan fingerprint density at radius 3 is 2.43 bits per heavy atom. The van der Waals surface area contributed by atoms with E-state index in [9.17, 15) is 0 Å². The van der Waals surface area contributed by atoms with Gasteiger partial charge in [0.1, 0.15) is 11.9 Å². The molecule has 2 saturated heterocycles. The summed E-state index contributed by atoms with van der Waals surface area (Å²) in [6, 6.07) is 14.8. The predicted molar refractivity (Wildman–Crippen MR) is 205 cm³/mol. The maximum atomic E-state index is 7.04. The van der Waals surface area contributed by atoms with Gasteiger partial charge in [0.05, 0.1) is 18.6 Å². The van der Waals surface area contributed by atoms with Crippen molar-refractivity contribution in [3.05, 3.63) is 125 Å². The van der Waals surface area contributed by atoms with Gasteiger partial charge in [0.25, 0.3) is 5.79 Å². The number of rotatable bonds is 7. The van der Waals surface area contributed by atoms with Crippen molar-refractivity contribution in [2.45, 2.75) is 113 Å². The average Bonchev–Trinajstić information content (AvgIpc) is 3.59. The van der Waals surface area contributed by atoms with Gasteiger partial charge >= 0.3 is 0 Å². The second-order valence-corrected chi connectivity index (χ2v) is 17.1. The fourth-order valence-electron chi connectivity index (χ4n) is 10.9. The maximum Gasteiger partial charge on any atom is 0.275 e. The third-order valence-electron chi connectivity index (χ3n) is 13.2. The second kappa shape index (κ2) is 11.7. The van der Waals surface area contributed by atoms with E-state index in [4.69, 9.17) is 28.4 Å². The van der Waals surface area contributed by atoms with Crippen molar-refractivity contribution in [1.29, 1.82) is 0 Å². The van der Waals surface area contributed by atoms with E-state index >= 15 is 0 Å². The van der Waals surface area contributed by atoms with E-state index < -0.39 is 17.4 Å². The number of ether oxygens (including phenoxy) is 6. The molecule has 3 heterocycles. The van der Waals surface area contributed by atoms with E-state index in [-0.39, 0.29) is 24.2 Å². The topological polar surface area (TPSA) is 55.4 Å². The molecule has 6 nitrogen and oxygen atoms in total. The van der Waals surface area contributed by atoms with Gasteiger partial charge in [-0.3, -0.25) is 0 Å². The lowest BCUT2D eigenvalue weighted by atomic mass is 9.77. The van der Waals surface area contributed by atoms with Crippen LogP contribution >= 0.6 is 0 Å². The third kappa shape index (κ3) is 5.31. The molecule has 0 amide bonds. The van der Waals surface area contributed by atoms with Gasteiger partial charge in [-0.15, -0.1) is 0 Å². The Kier molecular flexibility index (Phi) is 7.14. The minimum atomic E-state index is -0.983. The zero-order chi connectivity index (χ0) is 35.5. The molecule has 3 aromatic rings. The molecule has 10 unspecified atom stereocenters. The summed E-state index contributed by atoms with van der Waals surface area (Å²) in [4.78, 5) is 0. The molecule has 11 rings (SSSR count). The molecule has 0 bridgehead atoms. The molecule has 3 fully saturated rings. The molecular formula is C47H48O6. The molecule has 0 spiro atoms. The van der Waals surface area contributed by atoms with Gasteiger partial charge in [0, 0.05) is 38.0 Å². The van der Waals surface area contributed by atoms with Crippen LogP contribution in [0.25, 0.3) is 16.8 Å². The minimum absolute atomic E-state index is 0.123. The van der Waals surface area contributed by atoms with Crippen molar-refractivity contribution >= 4 is 16.8 Å². The highest BCUT2D eigenvalue weighted by Gasteiger charge is 2.66. The molecule has 53 heavy (non-hydrogen) atoms. The number of allylic oxidation sites excluding steroid dienone is 6. The third-order valence-corrected chi connectivity index (χ3v) is 13.2. The monoisotopic (exact) mass is 708 g/mol. The SMILES string of the molecule is C=CC1(Cc2ccccc2)Oc2cc3c4c(c5c(c3cc2O1)C1C2OC(C)(CC3C=CCCC3)OC(C5)C21)CC1OC(C)(CC2C=CC=CC2)OC1=C4. The van der Waals surface area contributed by atoms with E-state index in [0.717, 1.165) is 54.9 Å². The van der Waals surface area contributed by atoms with Crippen LogP contribution in [0.2, 0.25) is 0 Å². The second-order valence-electron chi connectivity index (χ2n) is 17.1. The van der Waals surface area contributed by atoms with Crippen LogP contribution in [-0.2, 0) is 38.2 Å². The van der Waals surface area contributed by atoms with Crippen LogP contribution in [0.5, 0.6) is 11.5 Å². The van der Waals surface area contributed by atoms with Crippen LogP contribution in [0, 0.1) is 17.8 Å². The first-order valence-corrected chi connectivity index (χ1v) is 19.9. The van der Waals surface area contributed by atoms with Crippen LogP contribution < -0.4 is 9.47 Å². The van der Waals surface area contributed by atoms with Gasteiger partial charge < -0.3 is 28.4 Å². The molecule has 272 valence electrons. The molecular weight excluding hydrogens is 661 g/mol. The molecule has 6 heteroatoms. The van der Waals surface area contributed by atoms with E-state index in [1.165, 1.54) is 52.3 Å². The zero-order valence-electron chi connectivity index (χ0n) is 30.7. The summed E-state index contributed by atoms with van der Waals surface area (Å²) < 4.78 is 41.1. The van der Waals surface area contributed by atoms with Crippen molar-refractivity contribution in [3.8, 4) is 11.5 Å². The van der Waals surface area contributed by atoms with Gasteiger partial charge in [0.15, 0.2) is 17.3 Å². The smallest absolute Gasteiger partial charge is 0.275 e. The zero-order valence-corrected chi connectivity index (χ0v) is 30.7. The van der Waals surface area contributed by atoms with Crippen LogP contribution in [-0.4, -0.2) is 35.7 Å². The first-order chi connectivity index (χ1) is 25.8. The average molecular weight is 709 g/mol. The Morgan fingerprint density at radius 2 is 1.66 bits per heavy atom. The van der Waals surface area contributed by atoms with E-state index in [2.05, 4.69) is 99.4 Å². The first kappa shape index (κ1) is 32.3. The quantitative estimate of drug-likeness (QED) is 0.228. The Hall–Kier alpha value is -4.10. The lowest BCUT2D eigenvalue weighted by Gasteiger charge is -2.41. The molecule has 1 saturated carbocycles. The summed E-state index contributed by atoms with van der Waals surface area (Å²) in [5.41, 5.74) is 6.49. The summed E-state index contributed by atoms with van der Waals surface area (Å²) in [6.07, 6.45) is 26.3. The lowest BCUT2D eigenvalue weighted by Crippen LogP contribution is -2.45. The number of hydrogen-bond donors (Lipinski definition) is 0. The Balaban J connectivity index is 0.999. The molecule has 0 radical (unpaired) electrons. The van der Waals surface area contributed by atoms with E-state index in [1.807, 2.05) is 6.07 Å². The van der Waals surface area contributed by atoms with Gasteiger partial charge in [-0.1, -0.05) is 73.4 Å². The fraction of sp³-hybridized carbons (Fsp3) is 0.447. The van der Waals surface area contributed by atoms with E-state index in [1.54, 1.807) is 6.08 Å². The molecule has 3 aliphatic heterocycles. The largest absolute Gasteiger partial charge is 0.464 e. The van der Waals surface area contributed by atoms with Crippen LogP contribution in [0.4, 0.5) is 0 Å². The van der Waals surface area contributed by atoms with Crippen molar-refractivity contribution < 1.29 is 28.4 Å². The van der Waals surface area contributed by atoms with E-state index in [0.29, 0.717) is 24.2 Å². The Bertz CT molecular complexity index is 2150. The van der Waals surface area contributed by atoms with Gasteiger partial charge in [-0.2, -0.15) is 0 Å². The van der Waals surface area contributed by atoms with Crippen LogP contribution in [0.3, 0.4) is 0 Å². The summed E-state index contributed by atoms with van der Waals surface area (Å²) >= 11 is 0. The number of hydrogen-bond acceptors (Lipinski definition) is 6. The molecule has 5 aliphatic carbocycles. The molecule has 10 atom stereocenters. The molecule has 0 aromatic heterocycles. The summed E-state index contributed by atoms with van der Waals surface area (Å²) in [7, 11) is 0. The molecule has 0 N–H and O–H groups in total. The number of benzene rings is 3. The highest BCUT2D eigenvalue weighted by Crippen LogP contribution is 2.65. The summed E-state index contributed by atoms with van der Waals surface area (Å²) in [5, 5.41) is 2.39. The summed E-state index contributed by atoms with van der Waals surface area (Å²) in [6.45, 7) is 8.47. The van der Waals surface area contributed by atoms with Gasteiger partial charge in [-0.05, 0) is 114 Å². The molecule has 8 aliphatic rings. The van der Waals surface area contributed by atoms with Crippen molar-refractivity contribution in [2.75, 3.05) is 0 Å². The van der Waals surface area contributed by atoms with Gasteiger partial charge in [-0.25, -0.2) is 0 Å². The highest BCUT2D eigenvalue weighted by molar-refractivity contribution is 5.99. The van der Waals surface area contributed by atoms with Crippen LogP contribution in [0.15, 0.2) is 97.3 Å². The van der Waals surface area contributed by atoms with Crippen molar-refractivity contribution in [3.63, 3.8) is 0 Å². The lowest BCUT2D eigenvalue weighted by molar-refractivity contribution is -0.293. The van der Waals surface area contributed by atoms with Crippen molar-refractivity contribution in [1.82, 2.24) is 0 Å². The van der Waals surface area contributed by atoms with Crippen molar-refractivity contribution in [2.24, 2.45) is 17.8 Å². The maximum absolute atomic E-state index is 7.04. The summed E-state index contributed by atoms with van der Waals surface area (Å²) in [5.74, 6) is 1.69. The Labute approximate surface area is 312 Å². The Morgan fingerprint density at radius 1 is 0.830 bits per heavy atom.